The molecule has 16 heteroatoms. The smallest absolute Gasteiger partial charge is 0.329 e. The van der Waals surface area contributed by atoms with Crippen molar-refractivity contribution in [2.45, 2.75) is 199 Å². The van der Waals surface area contributed by atoms with E-state index in [9.17, 15) is 39.3 Å². The number of Topliss-reactive ketones (excluding diaryl/α,β-unsaturated/α-hetero) is 3. The zero-order chi connectivity index (χ0) is 53.4. The number of hydrogen-bond donors (Lipinski definition) is 3. The van der Waals surface area contributed by atoms with Crippen LogP contribution in [0.4, 0.5) is 0 Å². The molecule has 1 amide bonds. The number of aliphatic hydroxyl groups is 3. The first-order valence-electron chi connectivity index (χ1n) is 27.2. The normalized spacial score (nSPS) is 36.5. The lowest BCUT2D eigenvalue weighted by Gasteiger charge is -2.43. The van der Waals surface area contributed by atoms with E-state index in [1.165, 1.54) is 12.0 Å². The highest BCUT2D eigenvalue weighted by molar-refractivity contribution is 6.39. The first kappa shape index (κ1) is 60.4. The number of ketones is 3. The molecule has 1 aliphatic carbocycles. The second-order valence-electron chi connectivity index (χ2n) is 21.9. The third-order valence-electron chi connectivity index (χ3n) is 16.1. The number of allylic oxidation sites excluding steroid dienone is 6. The van der Waals surface area contributed by atoms with Gasteiger partial charge in [0.1, 0.15) is 30.1 Å². The summed E-state index contributed by atoms with van der Waals surface area (Å²) >= 11 is 0. The van der Waals surface area contributed by atoms with E-state index in [4.69, 9.17) is 33.2 Å². The van der Waals surface area contributed by atoms with E-state index >= 15 is 0 Å². The van der Waals surface area contributed by atoms with Crippen molar-refractivity contribution in [1.82, 2.24) is 4.90 Å². The van der Waals surface area contributed by atoms with E-state index in [1.807, 2.05) is 58.1 Å². The maximum Gasteiger partial charge on any atom is 0.329 e. The number of carbonyl (C=O) groups is 5. The highest BCUT2D eigenvalue weighted by Gasteiger charge is 2.53. The zero-order valence-electron chi connectivity index (χ0n) is 45.2. The summed E-state index contributed by atoms with van der Waals surface area (Å²) in [7, 11) is 2.95. The molecule has 15 atom stereocenters. The highest BCUT2D eigenvalue weighted by Crippen LogP contribution is 2.38. The molecule has 0 spiro atoms. The number of ether oxygens (including phenoxy) is 7. The number of nitrogens with zero attached hydrogens (tertiary/aromatic N) is 1. The van der Waals surface area contributed by atoms with Gasteiger partial charge in [-0.2, -0.15) is 0 Å². The van der Waals surface area contributed by atoms with Crippen LogP contribution in [-0.4, -0.2) is 157 Å². The second-order valence-corrected chi connectivity index (χ2v) is 21.9. The van der Waals surface area contributed by atoms with E-state index in [2.05, 4.69) is 0 Å². The number of cyclic esters (lactones) is 1. The Morgan fingerprint density at radius 3 is 2.26 bits per heavy atom. The number of aliphatic hydroxyl groups excluding tert-OH is 2. The topological polar surface area (TPSA) is 214 Å². The molecule has 4 fully saturated rings. The number of carbonyl (C=O) groups excluding carboxylic acids is 5. The Bertz CT molecular complexity index is 1940. The molecule has 1 unspecified atom stereocenters. The van der Waals surface area contributed by atoms with Crippen LogP contribution < -0.4 is 0 Å². The van der Waals surface area contributed by atoms with Crippen LogP contribution in [0, 0.1) is 35.5 Å². The molecular weight excluding hydrogens is 939 g/mol. The van der Waals surface area contributed by atoms with Gasteiger partial charge in [-0.25, -0.2) is 4.79 Å². The van der Waals surface area contributed by atoms with Crippen molar-refractivity contribution < 1.29 is 72.5 Å². The van der Waals surface area contributed by atoms with Gasteiger partial charge in [0, 0.05) is 64.6 Å². The number of methoxy groups -OCH3 is 2. The number of hydrogen-bond acceptors (Lipinski definition) is 15. The summed E-state index contributed by atoms with van der Waals surface area (Å²) in [4.78, 5) is 72.7. The Labute approximate surface area is 434 Å². The van der Waals surface area contributed by atoms with Crippen LogP contribution in [0.25, 0.3) is 0 Å². The van der Waals surface area contributed by atoms with E-state index in [1.54, 1.807) is 34.0 Å². The molecule has 16 nitrogen and oxygen atoms in total. The van der Waals surface area contributed by atoms with Crippen molar-refractivity contribution in [2.24, 2.45) is 35.5 Å². The molecule has 4 heterocycles. The van der Waals surface area contributed by atoms with Gasteiger partial charge >= 0.3 is 5.97 Å². The third-order valence-corrected chi connectivity index (χ3v) is 16.1. The summed E-state index contributed by atoms with van der Waals surface area (Å²) in [6, 6.07) is -1.16. The molecule has 412 valence electrons. The van der Waals surface area contributed by atoms with Gasteiger partial charge in [-0.3, -0.25) is 19.2 Å². The Morgan fingerprint density at radius 2 is 1.55 bits per heavy atom. The Hall–Kier alpha value is -3.45. The van der Waals surface area contributed by atoms with Crippen molar-refractivity contribution >= 4 is 29.2 Å². The lowest BCUT2D eigenvalue weighted by Crippen LogP contribution is -2.61. The molecule has 4 aliphatic heterocycles. The first-order valence-corrected chi connectivity index (χ1v) is 27.2. The van der Waals surface area contributed by atoms with Crippen molar-refractivity contribution in [3.8, 4) is 0 Å². The van der Waals surface area contributed by atoms with E-state index in [-0.39, 0.29) is 73.9 Å². The number of piperidine rings is 1. The highest BCUT2D eigenvalue weighted by atomic mass is 16.6. The lowest BCUT2D eigenvalue weighted by atomic mass is 9.78. The summed E-state index contributed by atoms with van der Waals surface area (Å²) in [6.45, 7) is 14.7. The molecule has 0 aromatic rings. The molecule has 1 saturated carbocycles. The van der Waals surface area contributed by atoms with E-state index in [0.29, 0.717) is 83.2 Å². The predicted octanol–water partition coefficient (Wildman–Crippen LogP) is 6.75. The molecule has 3 saturated heterocycles. The number of rotatable bonds is 10. The SMILES string of the molecule is CO[C@@H]1C[C@H](C[C@@H](C)[C@@H]2CC(=O)[C@H](C)C=C(C)[C@@H](O)[C@@H](OC)C(=O)[C@H](C)C[C@H](C)C=CC=CC=C(C)C(OCCOC3CCOCC3)C[C@@H]3CC[C@@H](C)[C@@](O)(O3)C(=O)C(=O)N3CCCC[C@H]3C(=O)O2)CC[C@H]1O. The van der Waals surface area contributed by atoms with Crippen LogP contribution in [0.1, 0.15) is 138 Å². The first-order chi connectivity index (χ1) is 34.8. The molecule has 5 rings (SSSR count). The van der Waals surface area contributed by atoms with Gasteiger partial charge in [0.05, 0.1) is 43.7 Å². The van der Waals surface area contributed by atoms with Gasteiger partial charge in [-0.15, -0.1) is 0 Å². The minimum Gasteiger partial charge on any atom is -0.460 e. The van der Waals surface area contributed by atoms with E-state index in [0.717, 1.165) is 18.4 Å². The van der Waals surface area contributed by atoms with Crippen molar-refractivity contribution in [1.29, 1.82) is 0 Å². The number of fused-ring (bicyclic) bond motifs is 3. The predicted molar refractivity (Wildman–Crippen MR) is 274 cm³/mol. The minimum absolute atomic E-state index is 0.00376. The maximum atomic E-state index is 14.5. The van der Waals surface area contributed by atoms with Gasteiger partial charge in [0.2, 0.25) is 5.79 Å². The molecule has 5 aliphatic rings. The van der Waals surface area contributed by atoms with Gasteiger partial charge in [-0.1, -0.05) is 71.1 Å². The number of esters is 1. The fourth-order valence-electron chi connectivity index (χ4n) is 11.3. The summed E-state index contributed by atoms with van der Waals surface area (Å²) in [5.41, 5.74) is 1.25. The average Bonchev–Trinajstić information content (AvgIpc) is 3.37. The quantitative estimate of drug-likeness (QED) is 0.0894. The van der Waals surface area contributed by atoms with Gasteiger partial charge < -0.3 is 53.4 Å². The second kappa shape index (κ2) is 29.2. The van der Waals surface area contributed by atoms with Crippen LogP contribution in [0.5, 0.6) is 0 Å². The summed E-state index contributed by atoms with van der Waals surface area (Å²) in [6.07, 6.45) is 12.6. The molecule has 2 bridgehead atoms. The molecular formula is C57H89NO15. The van der Waals surface area contributed by atoms with Crippen LogP contribution in [0.15, 0.2) is 47.6 Å². The van der Waals surface area contributed by atoms with Gasteiger partial charge in [0.15, 0.2) is 5.78 Å². The van der Waals surface area contributed by atoms with Crippen molar-refractivity contribution in [3.05, 3.63) is 47.6 Å². The minimum atomic E-state index is -2.47. The fraction of sp³-hybridized carbons (Fsp3) is 0.772. The third kappa shape index (κ3) is 17.0. The van der Waals surface area contributed by atoms with Gasteiger partial charge in [-0.05, 0) is 120 Å². The van der Waals surface area contributed by atoms with Crippen LogP contribution in [0.3, 0.4) is 0 Å². The Kier molecular flexibility index (Phi) is 24.1. The van der Waals surface area contributed by atoms with Gasteiger partial charge in [0.25, 0.3) is 11.7 Å². The molecule has 3 N–H and O–H groups in total. The Balaban J connectivity index is 1.46. The monoisotopic (exact) mass is 1030 g/mol. The average molecular weight is 1030 g/mol. The molecule has 0 aromatic carbocycles. The van der Waals surface area contributed by atoms with E-state index < -0.39 is 83.9 Å². The van der Waals surface area contributed by atoms with Crippen molar-refractivity contribution in [3.63, 3.8) is 0 Å². The zero-order valence-corrected chi connectivity index (χ0v) is 45.2. The molecule has 73 heavy (non-hydrogen) atoms. The Morgan fingerprint density at radius 1 is 0.822 bits per heavy atom. The largest absolute Gasteiger partial charge is 0.460 e. The molecule has 0 aromatic heterocycles. The van der Waals surface area contributed by atoms with Crippen LogP contribution >= 0.6 is 0 Å². The van der Waals surface area contributed by atoms with Crippen LogP contribution in [-0.2, 0) is 57.1 Å². The lowest BCUT2D eigenvalue weighted by molar-refractivity contribution is -0.266. The molecule has 0 radical (unpaired) electrons. The maximum absolute atomic E-state index is 14.5. The summed E-state index contributed by atoms with van der Waals surface area (Å²) < 4.78 is 41.8. The summed E-state index contributed by atoms with van der Waals surface area (Å²) in [5, 5.41) is 34.2. The van der Waals surface area contributed by atoms with Crippen LogP contribution in [0.2, 0.25) is 0 Å². The van der Waals surface area contributed by atoms with Crippen molar-refractivity contribution in [2.75, 3.05) is 47.2 Å². The standard InChI is InChI=1S/C57H89NO15/c1-35-15-11-10-12-16-36(2)48(71-28-27-70-43-22-25-69-26-23-43)33-44-20-18-41(7)57(66,73-44)54(63)55(64)58-24-14-13-17-45(58)56(65)72-49(38(4)31-42-19-21-46(59)50(32-42)67-8)34-47(60)37(3)30-40(6)52(62)53(68-9)51(61)39(5)29-35/h10-12,15-16,30,35,37-39,41-46,48-50,52-53,59,62,66H,13-14,17-29,31-34H2,1-9H3/t35-,37-,38-,39-,41-,42+,44+,45+,46-,48?,49+,50-,52-,53+,57-/m1/s1. The fourth-order valence-corrected chi connectivity index (χ4v) is 11.3. The number of amides is 1. The summed E-state index contributed by atoms with van der Waals surface area (Å²) in [5.74, 6) is -8.15.